The van der Waals surface area contributed by atoms with Crippen molar-refractivity contribution in [2.45, 2.75) is 25.0 Å². The van der Waals surface area contributed by atoms with Crippen molar-refractivity contribution in [2.75, 3.05) is 24.2 Å². The molecule has 1 unspecified atom stereocenters. The molecule has 1 saturated heterocycles. The summed E-state index contributed by atoms with van der Waals surface area (Å²) in [6, 6.07) is 5.47. The maximum absolute atomic E-state index is 11.9. The topological polar surface area (TPSA) is 54.0 Å². The Kier molecular flexibility index (Phi) is 4.87. The van der Waals surface area contributed by atoms with Gasteiger partial charge in [-0.25, -0.2) is 4.98 Å². The second-order valence-electron chi connectivity index (χ2n) is 4.28. The molecule has 1 fully saturated rings. The van der Waals surface area contributed by atoms with Crippen molar-refractivity contribution in [1.29, 1.82) is 0 Å². The van der Waals surface area contributed by atoms with Crippen molar-refractivity contribution in [3.8, 4) is 0 Å². The molecule has 2 heterocycles. The lowest BCUT2D eigenvalue weighted by atomic mass is 10.2. The van der Waals surface area contributed by atoms with Gasteiger partial charge in [0.2, 0.25) is 0 Å². The molecule has 18 heavy (non-hydrogen) atoms. The van der Waals surface area contributed by atoms with Gasteiger partial charge < -0.3 is 10.6 Å². The molecule has 1 aliphatic heterocycles. The molecule has 0 bridgehead atoms. The van der Waals surface area contributed by atoms with Gasteiger partial charge in [-0.2, -0.15) is 11.8 Å². The highest BCUT2D eigenvalue weighted by Crippen LogP contribution is 2.25. The molecule has 0 spiro atoms. The molecule has 1 atom stereocenters. The molecule has 0 saturated carbocycles. The van der Waals surface area contributed by atoms with E-state index in [1.165, 1.54) is 18.6 Å². The minimum absolute atomic E-state index is 0.0812. The number of carbonyl (C=O) groups is 1. The molecule has 4 nitrogen and oxygen atoms in total. The van der Waals surface area contributed by atoms with E-state index in [0.29, 0.717) is 10.9 Å². The summed E-state index contributed by atoms with van der Waals surface area (Å²) in [5.41, 5.74) is 0.483. The van der Waals surface area contributed by atoms with E-state index in [1.807, 2.05) is 30.8 Å². The fourth-order valence-electron chi connectivity index (χ4n) is 1.94. The predicted octanol–water partition coefficient (Wildman–Crippen LogP) is 2.14. The summed E-state index contributed by atoms with van der Waals surface area (Å²) in [5, 5.41) is 6.64. The first-order chi connectivity index (χ1) is 8.79. The van der Waals surface area contributed by atoms with Crippen LogP contribution >= 0.6 is 11.8 Å². The Hall–Kier alpha value is -1.23. The predicted molar refractivity (Wildman–Crippen MR) is 76.2 cm³/mol. The summed E-state index contributed by atoms with van der Waals surface area (Å²) >= 11 is 1.94. The summed E-state index contributed by atoms with van der Waals surface area (Å²) in [7, 11) is 0. The van der Waals surface area contributed by atoms with E-state index in [1.54, 1.807) is 6.07 Å². The highest BCUT2D eigenvalue weighted by molar-refractivity contribution is 8.00. The highest BCUT2D eigenvalue weighted by atomic mass is 32.2. The van der Waals surface area contributed by atoms with Crippen LogP contribution in [0.5, 0.6) is 0 Å². The number of rotatable bonds is 5. The average Bonchev–Trinajstić information content (AvgIpc) is 2.90. The summed E-state index contributed by atoms with van der Waals surface area (Å²) in [6.45, 7) is 3.55. The third-order valence-electron chi connectivity index (χ3n) is 2.85. The third-order valence-corrected chi connectivity index (χ3v) is 4.25. The van der Waals surface area contributed by atoms with E-state index < -0.39 is 0 Å². The number of nitrogens with zero attached hydrogens (tertiary/aromatic N) is 1. The Morgan fingerprint density at radius 1 is 1.56 bits per heavy atom. The Morgan fingerprint density at radius 2 is 2.44 bits per heavy atom. The van der Waals surface area contributed by atoms with Crippen LogP contribution in [0.1, 0.15) is 30.3 Å². The van der Waals surface area contributed by atoms with Gasteiger partial charge in [0.1, 0.15) is 11.5 Å². The highest BCUT2D eigenvalue weighted by Gasteiger charge is 2.17. The monoisotopic (exact) mass is 265 g/mol. The van der Waals surface area contributed by atoms with Crippen molar-refractivity contribution in [1.82, 2.24) is 10.3 Å². The van der Waals surface area contributed by atoms with Crippen LogP contribution in [0, 0.1) is 0 Å². The van der Waals surface area contributed by atoms with E-state index in [9.17, 15) is 4.79 Å². The van der Waals surface area contributed by atoms with E-state index >= 15 is 0 Å². The van der Waals surface area contributed by atoms with E-state index in [2.05, 4.69) is 15.6 Å². The zero-order chi connectivity index (χ0) is 12.8. The van der Waals surface area contributed by atoms with Gasteiger partial charge in [-0.1, -0.05) is 6.07 Å². The van der Waals surface area contributed by atoms with Gasteiger partial charge >= 0.3 is 0 Å². The SMILES string of the molecule is CCNc1cccc(C(=O)NCC2CCCS2)n1. The summed E-state index contributed by atoms with van der Waals surface area (Å²) < 4.78 is 0. The second-order valence-corrected chi connectivity index (χ2v) is 5.69. The summed E-state index contributed by atoms with van der Waals surface area (Å²) in [6.07, 6.45) is 2.47. The van der Waals surface area contributed by atoms with Crippen LogP contribution in [0.3, 0.4) is 0 Å². The molecule has 98 valence electrons. The van der Waals surface area contributed by atoms with Gasteiger partial charge in [0, 0.05) is 18.3 Å². The molecule has 0 aliphatic carbocycles. The number of aromatic nitrogens is 1. The molecule has 2 rings (SSSR count). The molecule has 2 N–H and O–H groups in total. The molecule has 1 amide bonds. The average molecular weight is 265 g/mol. The van der Waals surface area contributed by atoms with Crippen molar-refractivity contribution < 1.29 is 4.79 Å². The van der Waals surface area contributed by atoms with Crippen molar-refractivity contribution >= 4 is 23.5 Å². The maximum atomic E-state index is 11.9. The zero-order valence-corrected chi connectivity index (χ0v) is 11.4. The first-order valence-electron chi connectivity index (χ1n) is 6.40. The van der Waals surface area contributed by atoms with Gasteiger partial charge in [-0.05, 0) is 37.7 Å². The second kappa shape index (κ2) is 6.64. The molecule has 1 aliphatic rings. The lowest BCUT2D eigenvalue weighted by Gasteiger charge is -2.10. The summed E-state index contributed by atoms with van der Waals surface area (Å²) in [5.74, 6) is 1.89. The van der Waals surface area contributed by atoms with Crippen molar-refractivity contribution in [2.24, 2.45) is 0 Å². The number of hydrogen-bond donors (Lipinski definition) is 2. The standard InChI is InChI=1S/C13H19N3OS/c1-2-14-12-7-3-6-11(16-12)13(17)15-9-10-5-4-8-18-10/h3,6-7,10H,2,4-5,8-9H2,1H3,(H,14,16)(H,15,17). The number of nitrogens with one attached hydrogen (secondary N) is 2. The fourth-order valence-corrected chi connectivity index (χ4v) is 3.14. The Balaban J connectivity index is 1.89. The van der Waals surface area contributed by atoms with Crippen LogP contribution in [0.15, 0.2) is 18.2 Å². The summed E-state index contributed by atoms with van der Waals surface area (Å²) in [4.78, 5) is 16.2. The van der Waals surface area contributed by atoms with Crippen LogP contribution in [0.25, 0.3) is 0 Å². The Bertz CT molecular complexity index is 405. The minimum atomic E-state index is -0.0812. The first-order valence-corrected chi connectivity index (χ1v) is 7.45. The zero-order valence-electron chi connectivity index (χ0n) is 10.6. The Labute approximate surface area is 112 Å². The van der Waals surface area contributed by atoms with E-state index in [0.717, 1.165) is 18.9 Å². The number of carbonyl (C=O) groups excluding carboxylic acids is 1. The Morgan fingerprint density at radius 3 is 3.17 bits per heavy atom. The van der Waals surface area contributed by atoms with Crippen molar-refractivity contribution in [3.63, 3.8) is 0 Å². The lowest BCUT2D eigenvalue weighted by molar-refractivity contribution is 0.0949. The number of anilines is 1. The van der Waals surface area contributed by atoms with Crippen LogP contribution in [0.4, 0.5) is 5.82 Å². The molecule has 1 aromatic heterocycles. The van der Waals surface area contributed by atoms with Crippen LogP contribution in [0.2, 0.25) is 0 Å². The van der Waals surface area contributed by atoms with Crippen LogP contribution < -0.4 is 10.6 Å². The lowest BCUT2D eigenvalue weighted by Crippen LogP contribution is -2.30. The largest absolute Gasteiger partial charge is 0.370 e. The van der Waals surface area contributed by atoms with Gasteiger partial charge in [-0.15, -0.1) is 0 Å². The van der Waals surface area contributed by atoms with Gasteiger partial charge in [0.05, 0.1) is 0 Å². The van der Waals surface area contributed by atoms with Crippen LogP contribution in [-0.4, -0.2) is 35.0 Å². The molecule has 1 aromatic rings. The third kappa shape index (κ3) is 3.63. The normalized spacial score (nSPS) is 18.6. The quantitative estimate of drug-likeness (QED) is 0.856. The number of amides is 1. The minimum Gasteiger partial charge on any atom is -0.370 e. The van der Waals surface area contributed by atoms with E-state index in [-0.39, 0.29) is 5.91 Å². The molecule has 0 radical (unpaired) electrons. The fraction of sp³-hybridized carbons (Fsp3) is 0.538. The van der Waals surface area contributed by atoms with Crippen molar-refractivity contribution in [3.05, 3.63) is 23.9 Å². The molecular formula is C13H19N3OS. The number of pyridine rings is 1. The number of thioether (sulfide) groups is 1. The smallest absolute Gasteiger partial charge is 0.270 e. The van der Waals surface area contributed by atoms with Gasteiger partial charge in [0.25, 0.3) is 5.91 Å². The van der Waals surface area contributed by atoms with Gasteiger partial charge in [-0.3, -0.25) is 4.79 Å². The van der Waals surface area contributed by atoms with Gasteiger partial charge in [0.15, 0.2) is 0 Å². The molecule has 5 heteroatoms. The van der Waals surface area contributed by atoms with E-state index in [4.69, 9.17) is 0 Å². The molecule has 0 aromatic carbocycles. The molecular weight excluding hydrogens is 246 g/mol. The van der Waals surface area contributed by atoms with Crippen LogP contribution in [-0.2, 0) is 0 Å². The first kappa shape index (κ1) is 13.2. The maximum Gasteiger partial charge on any atom is 0.270 e. The number of hydrogen-bond acceptors (Lipinski definition) is 4.